The van der Waals surface area contributed by atoms with Gasteiger partial charge in [0.15, 0.2) is 0 Å². The van der Waals surface area contributed by atoms with E-state index in [1.54, 1.807) is 0 Å². The van der Waals surface area contributed by atoms with Crippen LogP contribution in [0.3, 0.4) is 0 Å². The lowest BCUT2D eigenvalue weighted by Crippen LogP contribution is -2.58. The number of benzene rings is 1. The standard InChI is InChI=1S/C14H20N2O/c1-2-16(11-9-15-10-11)13-7-8-17-14-6-4-3-5-12(13)14/h3-6,11,13,15H,2,7-10H2,1H3. The summed E-state index contributed by atoms with van der Waals surface area (Å²) in [7, 11) is 0. The smallest absolute Gasteiger partial charge is 0.124 e. The Kier molecular flexibility index (Phi) is 3.04. The van der Waals surface area contributed by atoms with Gasteiger partial charge in [0.05, 0.1) is 6.61 Å². The van der Waals surface area contributed by atoms with Crippen LogP contribution in [0.25, 0.3) is 0 Å². The van der Waals surface area contributed by atoms with E-state index in [0.29, 0.717) is 12.1 Å². The molecule has 17 heavy (non-hydrogen) atoms. The summed E-state index contributed by atoms with van der Waals surface area (Å²) in [6.45, 7) is 6.49. The van der Waals surface area contributed by atoms with E-state index in [4.69, 9.17) is 4.74 Å². The van der Waals surface area contributed by atoms with E-state index < -0.39 is 0 Å². The molecule has 0 aromatic heterocycles. The van der Waals surface area contributed by atoms with E-state index in [1.807, 2.05) is 0 Å². The lowest BCUT2D eigenvalue weighted by atomic mass is 9.96. The molecule has 3 nitrogen and oxygen atoms in total. The molecule has 1 fully saturated rings. The monoisotopic (exact) mass is 232 g/mol. The molecule has 0 aliphatic carbocycles. The molecular formula is C14H20N2O. The van der Waals surface area contributed by atoms with Crippen molar-refractivity contribution in [3.05, 3.63) is 29.8 Å². The molecule has 0 radical (unpaired) electrons. The van der Waals surface area contributed by atoms with Crippen LogP contribution in [0.1, 0.15) is 24.9 Å². The predicted molar refractivity (Wildman–Crippen MR) is 68.3 cm³/mol. The summed E-state index contributed by atoms with van der Waals surface area (Å²) in [5, 5.41) is 3.37. The third kappa shape index (κ3) is 1.94. The number of rotatable bonds is 3. The zero-order valence-corrected chi connectivity index (χ0v) is 10.4. The first-order valence-electron chi connectivity index (χ1n) is 6.58. The lowest BCUT2D eigenvalue weighted by molar-refractivity contribution is 0.0737. The first-order chi connectivity index (χ1) is 8.40. The number of fused-ring (bicyclic) bond motifs is 1. The average Bonchev–Trinajstić information content (AvgIpc) is 2.33. The van der Waals surface area contributed by atoms with E-state index in [0.717, 1.165) is 38.4 Å². The van der Waals surface area contributed by atoms with E-state index >= 15 is 0 Å². The van der Waals surface area contributed by atoms with Gasteiger partial charge in [-0.15, -0.1) is 0 Å². The molecule has 1 unspecified atom stereocenters. The average molecular weight is 232 g/mol. The van der Waals surface area contributed by atoms with Gasteiger partial charge in [0, 0.05) is 37.2 Å². The highest BCUT2D eigenvalue weighted by atomic mass is 16.5. The van der Waals surface area contributed by atoms with Crippen LogP contribution >= 0.6 is 0 Å². The summed E-state index contributed by atoms with van der Waals surface area (Å²) in [6, 6.07) is 9.73. The highest BCUT2D eigenvalue weighted by Gasteiger charge is 2.32. The summed E-state index contributed by atoms with van der Waals surface area (Å²) >= 11 is 0. The second kappa shape index (κ2) is 4.67. The van der Waals surface area contributed by atoms with Crippen LogP contribution in [0, 0.1) is 0 Å². The Bertz CT molecular complexity index is 390. The Morgan fingerprint density at radius 3 is 2.88 bits per heavy atom. The molecule has 2 heterocycles. The fourth-order valence-electron chi connectivity index (χ4n) is 2.91. The van der Waals surface area contributed by atoms with Crippen LogP contribution in [0.4, 0.5) is 0 Å². The number of likely N-dealkylation sites (N-methyl/N-ethyl adjacent to an activating group) is 1. The van der Waals surface area contributed by atoms with Gasteiger partial charge in [-0.3, -0.25) is 4.90 Å². The highest BCUT2D eigenvalue weighted by Crippen LogP contribution is 2.36. The topological polar surface area (TPSA) is 24.5 Å². The van der Waals surface area contributed by atoms with Crippen molar-refractivity contribution in [1.82, 2.24) is 10.2 Å². The van der Waals surface area contributed by atoms with Gasteiger partial charge in [0.25, 0.3) is 0 Å². The molecule has 0 spiro atoms. The largest absolute Gasteiger partial charge is 0.493 e. The van der Waals surface area contributed by atoms with Crippen LogP contribution in [0.5, 0.6) is 5.75 Å². The molecule has 1 aromatic carbocycles. The van der Waals surface area contributed by atoms with Gasteiger partial charge in [0.2, 0.25) is 0 Å². The maximum Gasteiger partial charge on any atom is 0.124 e. The van der Waals surface area contributed by atoms with Crippen LogP contribution in [0.15, 0.2) is 24.3 Å². The van der Waals surface area contributed by atoms with Gasteiger partial charge >= 0.3 is 0 Å². The Balaban J connectivity index is 1.87. The number of nitrogens with one attached hydrogen (secondary N) is 1. The van der Waals surface area contributed by atoms with Crippen molar-refractivity contribution in [3.8, 4) is 5.75 Å². The molecular weight excluding hydrogens is 212 g/mol. The Morgan fingerprint density at radius 2 is 2.18 bits per heavy atom. The number of hydrogen-bond acceptors (Lipinski definition) is 3. The molecule has 1 aromatic rings. The molecule has 1 atom stereocenters. The van der Waals surface area contributed by atoms with Crippen LogP contribution in [-0.4, -0.2) is 37.2 Å². The number of hydrogen-bond donors (Lipinski definition) is 1. The number of ether oxygens (including phenoxy) is 1. The zero-order valence-electron chi connectivity index (χ0n) is 10.4. The normalized spacial score (nSPS) is 24.0. The van der Waals surface area contributed by atoms with Crippen molar-refractivity contribution in [2.45, 2.75) is 25.4 Å². The maximum atomic E-state index is 5.74. The third-order valence-electron chi connectivity index (χ3n) is 3.92. The fraction of sp³-hybridized carbons (Fsp3) is 0.571. The summed E-state index contributed by atoms with van der Waals surface area (Å²) in [4.78, 5) is 2.62. The van der Waals surface area contributed by atoms with Crippen molar-refractivity contribution in [3.63, 3.8) is 0 Å². The molecule has 0 saturated carbocycles. The zero-order chi connectivity index (χ0) is 11.7. The van der Waals surface area contributed by atoms with Crippen molar-refractivity contribution >= 4 is 0 Å². The van der Waals surface area contributed by atoms with Gasteiger partial charge in [0.1, 0.15) is 5.75 Å². The summed E-state index contributed by atoms with van der Waals surface area (Å²) in [5.74, 6) is 1.08. The second-order valence-corrected chi connectivity index (χ2v) is 4.83. The summed E-state index contributed by atoms with van der Waals surface area (Å²) < 4.78 is 5.74. The highest BCUT2D eigenvalue weighted by molar-refractivity contribution is 5.37. The van der Waals surface area contributed by atoms with Crippen LogP contribution in [-0.2, 0) is 0 Å². The Morgan fingerprint density at radius 1 is 1.35 bits per heavy atom. The molecule has 2 aliphatic rings. The van der Waals surface area contributed by atoms with E-state index in [-0.39, 0.29) is 0 Å². The van der Waals surface area contributed by atoms with Crippen LogP contribution < -0.4 is 10.1 Å². The lowest BCUT2D eigenvalue weighted by Gasteiger charge is -2.44. The Labute approximate surface area is 103 Å². The van der Waals surface area contributed by atoms with Gasteiger partial charge in [-0.2, -0.15) is 0 Å². The van der Waals surface area contributed by atoms with Gasteiger partial charge in [-0.1, -0.05) is 25.1 Å². The first-order valence-corrected chi connectivity index (χ1v) is 6.58. The van der Waals surface area contributed by atoms with Crippen LogP contribution in [0.2, 0.25) is 0 Å². The molecule has 92 valence electrons. The van der Waals surface area contributed by atoms with Crippen molar-refractivity contribution < 1.29 is 4.74 Å². The number of para-hydroxylation sites is 1. The fourth-order valence-corrected chi connectivity index (χ4v) is 2.91. The molecule has 0 amide bonds. The van der Waals surface area contributed by atoms with Crippen molar-refractivity contribution in [1.29, 1.82) is 0 Å². The quantitative estimate of drug-likeness (QED) is 0.860. The van der Waals surface area contributed by atoms with Gasteiger partial charge in [-0.05, 0) is 12.6 Å². The van der Waals surface area contributed by atoms with E-state index in [1.165, 1.54) is 5.56 Å². The molecule has 2 aliphatic heterocycles. The molecule has 1 N–H and O–H groups in total. The molecule has 0 bridgehead atoms. The molecule has 1 saturated heterocycles. The Hall–Kier alpha value is -1.06. The minimum Gasteiger partial charge on any atom is -0.493 e. The van der Waals surface area contributed by atoms with E-state index in [2.05, 4.69) is 41.4 Å². The van der Waals surface area contributed by atoms with Gasteiger partial charge < -0.3 is 10.1 Å². The second-order valence-electron chi connectivity index (χ2n) is 4.83. The summed E-state index contributed by atoms with van der Waals surface area (Å²) in [6.07, 6.45) is 1.11. The predicted octanol–water partition coefficient (Wildman–Crippen LogP) is 1.80. The minimum atomic E-state index is 0.539. The van der Waals surface area contributed by atoms with Crippen molar-refractivity contribution in [2.75, 3.05) is 26.2 Å². The molecule has 3 rings (SSSR count). The SMILES string of the molecule is CCN(C1CNC1)C1CCOc2ccccc21. The van der Waals surface area contributed by atoms with E-state index in [9.17, 15) is 0 Å². The summed E-state index contributed by atoms with van der Waals surface area (Å²) in [5.41, 5.74) is 1.37. The minimum absolute atomic E-state index is 0.539. The van der Waals surface area contributed by atoms with Gasteiger partial charge in [-0.25, -0.2) is 0 Å². The number of nitrogens with zero attached hydrogens (tertiary/aromatic N) is 1. The third-order valence-corrected chi connectivity index (χ3v) is 3.92. The molecule has 3 heteroatoms. The first kappa shape index (κ1) is 11.1. The van der Waals surface area contributed by atoms with Crippen molar-refractivity contribution in [2.24, 2.45) is 0 Å². The maximum absolute atomic E-state index is 5.74.